The average Bonchev–Trinajstić information content (AvgIpc) is 2.99. The Bertz CT molecular complexity index is 581. The Morgan fingerprint density at radius 1 is 1.33 bits per heavy atom. The van der Waals surface area contributed by atoms with Gasteiger partial charge < -0.3 is 5.11 Å². The van der Waals surface area contributed by atoms with Crippen LogP contribution in [0.4, 0.5) is 0 Å². The van der Waals surface area contributed by atoms with Crippen LogP contribution in [0.1, 0.15) is 30.9 Å². The molecule has 1 aliphatic heterocycles. The zero-order chi connectivity index (χ0) is 15.5. The molecule has 1 fully saturated rings. The maximum Gasteiger partial charge on any atom is 0.240 e. The van der Waals surface area contributed by atoms with Gasteiger partial charge in [0.25, 0.3) is 0 Å². The molecule has 1 unspecified atom stereocenters. The summed E-state index contributed by atoms with van der Waals surface area (Å²) in [5.74, 6) is 0. The van der Waals surface area contributed by atoms with Gasteiger partial charge in [0.15, 0.2) is 0 Å². The lowest BCUT2D eigenvalue weighted by Crippen LogP contribution is -2.40. The van der Waals surface area contributed by atoms with Gasteiger partial charge in [0.2, 0.25) is 10.0 Å². The summed E-state index contributed by atoms with van der Waals surface area (Å²) in [7, 11) is -3.54. The first kappa shape index (κ1) is 16.4. The van der Waals surface area contributed by atoms with Crippen LogP contribution in [0.3, 0.4) is 0 Å². The Labute approximate surface area is 127 Å². The van der Waals surface area contributed by atoms with Gasteiger partial charge in [0.1, 0.15) is 0 Å². The van der Waals surface area contributed by atoms with Crippen molar-refractivity contribution in [2.24, 2.45) is 0 Å². The van der Waals surface area contributed by atoms with Crippen LogP contribution in [0.15, 0.2) is 23.1 Å². The minimum Gasteiger partial charge on any atom is -0.392 e. The van der Waals surface area contributed by atoms with E-state index in [1.807, 2.05) is 6.92 Å². The monoisotopic (exact) mass is 312 g/mol. The molecule has 0 radical (unpaired) electrons. The molecule has 1 atom stereocenters. The highest BCUT2D eigenvalue weighted by atomic mass is 32.2. The zero-order valence-electron chi connectivity index (χ0n) is 12.7. The largest absolute Gasteiger partial charge is 0.392 e. The third-order valence-corrected chi connectivity index (χ3v) is 5.62. The van der Waals surface area contributed by atoms with E-state index in [1.165, 1.54) is 18.9 Å². The van der Waals surface area contributed by atoms with Gasteiger partial charge in [-0.25, -0.2) is 13.1 Å². The number of nitrogens with one attached hydrogen (secondary N) is 1. The second-order valence-corrected chi connectivity index (χ2v) is 7.44. The quantitative estimate of drug-likeness (QED) is 0.829. The van der Waals surface area contributed by atoms with Crippen LogP contribution in [0.5, 0.6) is 0 Å². The first-order valence-corrected chi connectivity index (χ1v) is 8.86. The van der Waals surface area contributed by atoms with Crippen molar-refractivity contribution in [1.82, 2.24) is 9.62 Å². The van der Waals surface area contributed by atoms with Crippen molar-refractivity contribution >= 4 is 10.0 Å². The van der Waals surface area contributed by atoms with E-state index in [9.17, 15) is 8.42 Å². The van der Waals surface area contributed by atoms with Gasteiger partial charge in [0.05, 0.1) is 11.5 Å². The van der Waals surface area contributed by atoms with Gasteiger partial charge in [0, 0.05) is 12.6 Å². The summed E-state index contributed by atoms with van der Waals surface area (Å²) in [5.41, 5.74) is 1.29. The van der Waals surface area contributed by atoms with Crippen LogP contribution in [0.2, 0.25) is 0 Å². The summed E-state index contributed by atoms with van der Waals surface area (Å²) in [6.45, 7) is 6.15. The van der Waals surface area contributed by atoms with E-state index in [4.69, 9.17) is 5.11 Å². The Morgan fingerprint density at radius 2 is 2.00 bits per heavy atom. The zero-order valence-corrected chi connectivity index (χ0v) is 13.5. The third-order valence-electron chi connectivity index (χ3n) is 4.06. The fraction of sp³-hybridized carbons (Fsp3) is 0.600. The lowest BCUT2D eigenvalue weighted by Gasteiger charge is -2.24. The van der Waals surface area contributed by atoms with E-state index in [0.717, 1.165) is 13.1 Å². The molecule has 0 aromatic heterocycles. The molecular weight excluding hydrogens is 288 g/mol. The molecule has 1 saturated heterocycles. The van der Waals surface area contributed by atoms with Crippen molar-refractivity contribution in [2.75, 3.05) is 19.6 Å². The summed E-state index contributed by atoms with van der Waals surface area (Å²) in [6, 6.07) is 5.20. The molecule has 0 saturated carbocycles. The molecule has 1 aromatic rings. The highest BCUT2D eigenvalue weighted by Crippen LogP contribution is 2.18. The maximum atomic E-state index is 12.4. The van der Waals surface area contributed by atoms with Crippen LogP contribution < -0.4 is 4.72 Å². The SMILES string of the molecule is Cc1ccc(CO)cc1S(=O)(=O)NCC(C)N1CCCC1. The molecule has 0 amide bonds. The molecule has 2 N–H and O–H groups in total. The van der Waals surface area contributed by atoms with Crippen LogP contribution in [-0.4, -0.2) is 44.1 Å². The highest BCUT2D eigenvalue weighted by Gasteiger charge is 2.22. The van der Waals surface area contributed by atoms with Gasteiger partial charge >= 0.3 is 0 Å². The van der Waals surface area contributed by atoms with E-state index in [-0.39, 0.29) is 17.5 Å². The van der Waals surface area contributed by atoms with Crippen LogP contribution in [-0.2, 0) is 16.6 Å². The predicted octanol–water partition coefficient (Wildman–Crippen LogP) is 1.25. The van der Waals surface area contributed by atoms with Gasteiger partial charge in [-0.05, 0) is 57.0 Å². The fourth-order valence-corrected chi connectivity index (χ4v) is 4.07. The predicted molar refractivity (Wildman–Crippen MR) is 82.6 cm³/mol. The average molecular weight is 312 g/mol. The topological polar surface area (TPSA) is 69.6 Å². The number of aliphatic hydroxyl groups is 1. The molecule has 1 heterocycles. The number of likely N-dealkylation sites (tertiary alicyclic amines) is 1. The van der Waals surface area contributed by atoms with E-state index in [1.54, 1.807) is 19.1 Å². The minimum absolute atomic E-state index is 0.160. The number of hydrogen-bond acceptors (Lipinski definition) is 4. The highest BCUT2D eigenvalue weighted by molar-refractivity contribution is 7.89. The van der Waals surface area contributed by atoms with E-state index >= 15 is 0 Å². The van der Waals surface area contributed by atoms with E-state index in [2.05, 4.69) is 9.62 Å². The normalized spacial score (nSPS) is 18.0. The Hall–Kier alpha value is -0.950. The molecule has 1 aromatic carbocycles. The standard InChI is InChI=1S/C15H24N2O3S/c1-12-5-6-14(11-18)9-15(12)21(19,20)16-10-13(2)17-7-3-4-8-17/h5-6,9,13,16,18H,3-4,7-8,10-11H2,1-2H3. The Balaban J connectivity index is 2.07. The number of aliphatic hydroxyl groups excluding tert-OH is 1. The molecule has 0 spiro atoms. The second-order valence-electron chi connectivity index (χ2n) is 5.70. The first-order valence-electron chi connectivity index (χ1n) is 7.38. The molecule has 6 heteroatoms. The lowest BCUT2D eigenvalue weighted by atomic mass is 10.2. The number of rotatable bonds is 6. The number of benzene rings is 1. The maximum absolute atomic E-state index is 12.4. The Morgan fingerprint density at radius 3 is 2.62 bits per heavy atom. The summed E-state index contributed by atoms with van der Waals surface area (Å²) >= 11 is 0. The molecule has 0 bridgehead atoms. The van der Waals surface area contributed by atoms with Crippen LogP contribution in [0, 0.1) is 6.92 Å². The number of hydrogen-bond donors (Lipinski definition) is 2. The molecular formula is C15H24N2O3S. The van der Waals surface area contributed by atoms with Gasteiger partial charge in [-0.1, -0.05) is 12.1 Å². The molecule has 21 heavy (non-hydrogen) atoms. The van der Waals surface area contributed by atoms with Gasteiger partial charge in [-0.2, -0.15) is 0 Å². The summed E-state index contributed by atoms with van der Waals surface area (Å²) in [4.78, 5) is 2.56. The van der Waals surface area contributed by atoms with Crippen molar-refractivity contribution in [3.8, 4) is 0 Å². The van der Waals surface area contributed by atoms with E-state index in [0.29, 0.717) is 17.7 Å². The molecule has 0 aliphatic carbocycles. The fourth-order valence-electron chi connectivity index (χ4n) is 2.65. The van der Waals surface area contributed by atoms with Crippen molar-refractivity contribution in [3.63, 3.8) is 0 Å². The van der Waals surface area contributed by atoms with Gasteiger partial charge in [-0.3, -0.25) is 4.90 Å². The Kier molecular flexibility index (Phi) is 5.37. The van der Waals surface area contributed by atoms with Crippen LogP contribution >= 0.6 is 0 Å². The smallest absolute Gasteiger partial charge is 0.240 e. The minimum atomic E-state index is -3.54. The number of aryl methyl sites for hydroxylation is 1. The van der Waals surface area contributed by atoms with Crippen molar-refractivity contribution in [3.05, 3.63) is 29.3 Å². The van der Waals surface area contributed by atoms with Crippen molar-refractivity contribution < 1.29 is 13.5 Å². The van der Waals surface area contributed by atoms with Crippen molar-refractivity contribution in [2.45, 2.75) is 44.2 Å². The molecule has 1 aliphatic rings. The second kappa shape index (κ2) is 6.87. The number of sulfonamides is 1. The third kappa shape index (κ3) is 4.03. The molecule has 118 valence electrons. The molecule has 2 rings (SSSR count). The summed E-state index contributed by atoms with van der Waals surface area (Å²) in [6.07, 6.45) is 2.38. The lowest BCUT2D eigenvalue weighted by molar-refractivity contribution is 0.260. The summed E-state index contributed by atoms with van der Waals surface area (Å²) < 4.78 is 27.6. The van der Waals surface area contributed by atoms with Crippen LogP contribution in [0.25, 0.3) is 0 Å². The number of nitrogens with zero attached hydrogens (tertiary/aromatic N) is 1. The van der Waals surface area contributed by atoms with E-state index < -0.39 is 10.0 Å². The van der Waals surface area contributed by atoms with Crippen molar-refractivity contribution in [1.29, 1.82) is 0 Å². The molecule has 5 nitrogen and oxygen atoms in total. The summed E-state index contributed by atoms with van der Waals surface area (Å²) in [5, 5.41) is 9.16. The van der Waals surface area contributed by atoms with Gasteiger partial charge in [-0.15, -0.1) is 0 Å². The first-order chi connectivity index (χ1) is 9.94.